The molecule has 6 nitrogen and oxygen atoms in total. The fourth-order valence-corrected chi connectivity index (χ4v) is 9.78. The molecule has 0 amide bonds. The highest BCUT2D eigenvalue weighted by Gasteiger charge is 2.24. The van der Waals surface area contributed by atoms with Crippen molar-refractivity contribution in [1.29, 1.82) is 0 Å². The van der Waals surface area contributed by atoms with Gasteiger partial charge in [0.15, 0.2) is 11.6 Å². The van der Waals surface area contributed by atoms with Gasteiger partial charge in [0.05, 0.1) is 50.2 Å². The molecule has 62 heavy (non-hydrogen) atoms. The van der Waals surface area contributed by atoms with Gasteiger partial charge in [-0.2, -0.15) is 0 Å². The average molecular weight is 793 g/mol. The van der Waals surface area contributed by atoms with Crippen LogP contribution >= 0.6 is 0 Å². The second-order valence-electron chi connectivity index (χ2n) is 15.8. The highest BCUT2D eigenvalue weighted by molar-refractivity contribution is 6.26. The first-order chi connectivity index (χ1) is 30.8. The lowest BCUT2D eigenvalue weighted by molar-refractivity contribution is 0.890. The van der Waals surface area contributed by atoms with Gasteiger partial charge in [-0.05, 0) is 66.7 Å². The monoisotopic (exact) mass is 792 g/mol. The van der Waals surface area contributed by atoms with Gasteiger partial charge in [0.1, 0.15) is 0 Å². The van der Waals surface area contributed by atoms with Crippen molar-refractivity contribution in [2.75, 3.05) is 0 Å². The van der Waals surface area contributed by atoms with E-state index in [1.165, 1.54) is 43.4 Å². The normalized spacial score (nSPS) is 11.9. The zero-order valence-corrected chi connectivity index (χ0v) is 33.5. The van der Waals surface area contributed by atoms with Gasteiger partial charge in [0.25, 0.3) is 0 Å². The summed E-state index contributed by atoms with van der Waals surface area (Å²) in [6.07, 6.45) is 0. The Balaban J connectivity index is 1.09. The van der Waals surface area contributed by atoms with Crippen LogP contribution in [0.2, 0.25) is 0 Å². The third-order valence-corrected chi connectivity index (χ3v) is 12.4. The van der Waals surface area contributed by atoms with Crippen molar-refractivity contribution in [2.24, 2.45) is 0 Å². The molecule has 0 fully saturated rings. The number of nitrogens with zero attached hydrogens (tertiary/aromatic N) is 6. The summed E-state index contributed by atoms with van der Waals surface area (Å²) in [7, 11) is 0. The first kappa shape index (κ1) is 34.4. The van der Waals surface area contributed by atoms with Gasteiger partial charge in [0.2, 0.25) is 0 Å². The third kappa shape index (κ3) is 5.04. The molecule has 0 N–H and O–H groups in total. The first-order valence-corrected chi connectivity index (χ1v) is 21.0. The predicted octanol–water partition coefficient (Wildman–Crippen LogP) is 13.9. The second kappa shape index (κ2) is 13.5. The molecule has 9 aromatic carbocycles. The largest absolute Gasteiger partial charge is 0.309 e. The van der Waals surface area contributed by atoms with E-state index < -0.39 is 0 Å². The Morgan fingerprint density at radius 1 is 0.323 bits per heavy atom. The molecule has 4 aromatic heterocycles. The maximum atomic E-state index is 5.22. The molecular formula is C56H36N6. The maximum Gasteiger partial charge on any atom is 0.182 e. The van der Waals surface area contributed by atoms with Crippen molar-refractivity contribution in [3.05, 3.63) is 218 Å². The lowest BCUT2D eigenvalue weighted by atomic mass is 10.1. The van der Waals surface area contributed by atoms with E-state index >= 15 is 0 Å². The lowest BCUT2D eigenvalue weighted by Crippen LogP contribution is -2.03. The van der Waals surface area contributed by atoms with E-state index in [1.54, 1.807) is 0 Å². The van der Waals surface area contributed by atoms with Gasteiger partial charge in [-0.25, -0.2) is 9.67 Å². The topological polar surface area (TPSA) is 45.5 Å². The summed E-state index contributed by atoms with van der Waals surface area (Å²) in [5.41, 5.74) is 13.1. The molecule has 0 atom stereocenters. The summed E-state index contributed by atoms with van der Waals surface area (Å²) in [5.74, 6) is 1.46. The van der Waals surface area contributed by atoms with Gasteiger partial charge in [-0.3, -0.25) is 0 Å². The molecule has 0 aliphatic rings. The van der Waals surface area contributed by atoms with Crippen LogP contribution in [0, 0.1) is 0 Å². The molecule has 0 aliphatic heterocycles. The van der Waals surface area contributed by atoms with E-state index in [9.17, 15) is 0 Å². The zero-order valence-electron chi connectivity index (χ0n) is 33.5. The second-order valence-corrected chi connectivity index (χ2v) is 15.8. The minimum atomic E-state index is 0.683. The van der Waals surface area contributed by atoms with Crippen LogP contribution in [0.1, 0.15) is 0 Å². The third-order valence-electron chi connectivity index (χ3n) is 12.4. The quantitative estimate of drug-likeness (QED) is 0.168. The Morgan fingerprint density at radius 3 is 1.52 bits per heavy atom. The van der Waals surface area contributed by atoms with E-state index in [0.717, 1.165) is 61.8 Å². The Kier molecular flexibility index (Phi) is 7.50. The molecule has 0 aliphatic carbocycles. The molecule has 13 rings (SSSR count). The molecule has 0 saturated carbocycles. The molecule has 0 spiro atoms. The first-order valence-electron chi connectivity index (χ1n) is 21.0. The number of fused-ring (bicyclic) bond motifs is 10. The zero-order chi connectivity index (χ0) is 40.7. The summed E-state index contributed by atoms with van der Waals surface area (Å²) in [4.78, 5) is 5.22. The van der Waals surface area contributed by atoms with Crippen LogP contribution in [-0.2, 0) is 0 Å². The van der Waals surface area contributed by atoms with Crippen molar-refractivity contribution in [3.8, 4) is 45.5 Å². The summed E-state index contributed by atoms with van der Waals surface area (Å²) in [6, 6.07) is 77.8. The Bertz CT molecular complexity index is 3850. The van der Waals surface area contributed by atoms with Crippen molar-refractivity contribution in [2.45, 2.75) is 0 Å². The van der Waals surface area contributed by atoms with E-state index in [0.29, 0.717) is 5.82 Å². The van der Waals surface area contributed by atoms with Crippen LogP contribution in [0.5, 0.6) is 0 Å². The van der Waals surface area contributed by atoms with E-state index in [2.05, 4.69) is 196 Å². The highest BCUT2D eigenvalue weighted by Crippen LogP contribution is 2.44. The molecule has 6 heteroatoms. The molecule has 0 radical (unpaired) electrons. The van der Waals surface area contributed by atoms with Crippen LogP contribution in [-0.4, -0.2) is 28.5 Å². The Labute approximate surface area is 356 Å². The van der Waals surface area contributed by atoms with Crippen LogP contribution < -0.4 is 0 Å². The lowest BCUT2D eigenvalue weighted by Gasteiger charge is -2.17. The highest BCUT2D eigenvalue weighted by atomic mass is 15.4. The summed E-state index contributed by atoms with van der Waals surface area (Å²) >= 11 is 0. The number of hydrogen-bond donors (Lipinski definition) is 0. The van der Waals surface area contributed by atoms with Gasteiger partial charge in [0, 0.05) is 49.1 Å². The van der Waals surface area contributed by atoms with Crippen molar-refractivity contribution in [1.82, 2.24) is 28.5 Å². The van der Waals surface area contributed by atoms with E-state index in [-0.39, 0.29) is 0 Å². The van der Waals surface area contributed by atoms with Gasteiger partial charge < -0.3 is 13.7 Å². The average Bonchev–Trinajstić information content (AvgIpc) is 4.11. The minimum absolute atomic E-state index is 0.683. The number of para-hydroxylation sites is 7. The maximum absolute atomic E-state index is 5.22. The minimum Gasteiger partial charge on any atom is -0.309 e. The Hall–Kier alpha value is -8.48. The molecule has 4 heterocycles. The van der Waals surface area contributed by atoms with Crippen LogP contribution in [0.3, 0.4) is 0 Å². The molecule has 0 unspecified atom stereocenters. The number of hydrogen-bond acceptors (Lipinski definition) is 2. The van der Waals surface area contributed by atoms with Crippen molar-refractivity contribution >= 4 is 65.4 Å². The predicted molar refractivity (Wildman–Crippen MR) is 255 cm³/mol. The molecule has 13 aromatic rings. The van der Waals surface area contributed by atoms with Crippen molar-refractivity contribution < 1.29 is 0 Å². The number of benzene rings is 9. The fraction of sp³-hybridized carbons (Fsp3) is 0. The summed E-state index contributed by atoms with van der Waals surface area (Å²) in [6.45, 7) is 0. The van der Waals surface area contributed by atoms with Crippen LogP contribution in [0.15, 0.2) is 218 Å². The standard InChI is InChI=1S/C56H36N6/c1-4-18-37(19-5-1)55-57-56(62(58-55)40-22-8-3-9-23-40)38-32-33-43-41-24-10-14-28-47(41)61(52(43)36-38)50-31-17-16-30-49(50)60-48-29-15-12-26-45(48)53-51(60)35-34-44-42-25-11-13-27-46(42)59(54(44)53)39-20-6-2-7-21-39/h1-36H. The van der Waals surface area contributed by atoms with E-state index in [1.807, 2.05) is 41.1 Å². The number of rotatable bonds is 6. The van der Waals surface area contributed by atoms with Crippen molar-refractivity contribution in [3.63, 3.8) is 0 Å². The summed E-state index contributed by atoms with van der Waals surface area (Å²) in [5, 5.41) is 12.4. The van der Waals surface area contributed by atoms with E-state index in [4.69, 9.17) is 10.1 Å². The van der Waals surface area contributed by atoms with Gasteiger partial charge in [-0.15, -0.1) is 5.10 Å². The molecule has 0 bridgehead atoms. The smallest absolute Gasteiger partial charge is 0.182 e. The SMILES string of the molecule is c1ccc(-c2nc(-c3ccc4c5ccccc5n(-c5ccccc5-n5c6ccccc6c6c5ccc5c7ccccc7n(-c7ccccc7)c56)c4c3)n(-c3ccccc3)n2)cc1. The van der Waals surface area contributed by atoms with Crippen LogP contribution in [0.4, 0.5) is 0 Å². The van der Waals surface area contributed by atoms with Gasteiger partial charge >= 0.3 is 0 Å². The van der Waals surface area contributed by atoms with Crippen LogP contribution in [0.25, 0.3) is 111 Å². The van der Waals surface area contributed by atoms with Gasteiger partial charge in [-0.1, -0.05) is 152 Å². The summed E-state index contributed by atoms with van der Waals surface area (Å²) < 4.78 is 9.32. The number of aromatic nitrogens is 6. The molecular weight excluding hydrogens is 757 g/mol. The molecule has 0 saturated heterocycles. The molecule has 290 valence electrons. The fourth-order valence-electron chi connectivity index (χ4n) is 9.78. The Morgan fingerprint density at radius 2 is 0.823 bits per heavy atom.